The molecular weight excluding hydrogens is 544 g/mol. The first kappa shape index (κ1) is 25.7. The third-order valence-corrected chi connectivity index (χ3v) is 7.90. The highest BCUT2D eigenvalue weighted by atomic mass is 79.9. The summed E-state index contributed by atoms with van der Waals surface area (Å²) < 4.78 is 0.848. The molecule has 0 bridgehead atoms. The predicted octanol–water partition coefficient (Wildman–Crippen LogP) is 5.66. The minimum atomic E-state index is -0.816. The monoisotopic (exact) mass is 572 g/mol. The van der Waals surface area contributed by atoms with Crippen LogP contribution in [0, 0.1) is 12.8 Å². The van der Waals surface area contributed by atoms with Gasteiger partial charge in [0.25, 0.3) is 17.7 Å². The Morgan fingerprint density at radius 1 is 1.00 bits per heavy atom. The zero-order valence-corrected chi connectivity index (χ0v) is 23.0. The van der Waals surface area contributed by atoms with Crippen molar-refractivity contribution in [3.8, 4) is 0 Å². The van der Waals surface area contributed by atoms with E-state index < -0.39 is 23.9 Å². The van der Waals surface area contributed by atoms with E-state index in [2.05, 4.69) is 31.8 Å². The molecule has 5 rings (SSSR count). The van der Waals surface area contributed by atoms with Crippen molar-refractivity contribution >= 4 is 44.6 Å². The molecule has 3 aromatic carbocycles. The van der Waals surface area contributed by atoms with Crippen LogP contribution in [0.15, 0.2) is 77.3 Å². The molecule has 1 aliphatic heterocycles. The maximum absolute atomic E-state index is 14.0. The van der Waals surface area contributed by atoms with Gasteiger partial charge in [-0.3, -0.25) is 25.2 Å². The minimum absolute atomic E-state index is 0.175. The molecule has 3 N–H and O–H groups in total. The number of aromatic amines is 1. The summed E-state index contributed by atoms with van der Waals surface area (Å²) in [5.41, 5.74) is 9.88. The van der Waals surface area contributed by atoms with E-state index in [-0.39, 0.29) is 11.8 Å². The van der Waals surface area contributed by atoms with Crippen LogP contribution in [0.5, 0.6) is 0 Å². The van der Waals surface area contributed by atoms with Gasteiger partial charge in [-0.05, 0) is 54.8 Å². The number of carbonyl (C=O) groups is 3. The lowest BCUT2D eigenvalue weighted by atomic mass is 9.91. The van der Waals surface area contributed by atoms with E-state index in [1.165, 1.54) is 0 Å². The van der Waals surface area contributed by atoms with E-state index in [0.717, 1.165) is 32.2 Å². The molecule has 3 amide bonds. The van der Waals surface area contributed by atoms with Gasteiger partial charge in [0, 0.05) is 37.8 Å². The average molecular weight is 573 g/mol. The molecule has 0 saturated carbocycles. The molecule has 3 unspecified atom stereocenters. The molecular formula is C30H29BrN4O3. The number of aromatic nitrogens is 1. The van der Waals surface area contributed by atoms with Gasteiger partial charge in [0.1, 0.15) is 6.04 Å². The van der Waals surface area contributed by atoms with Crippen LogP contribution in [0.2, 0.25) is 0 Å². The topological polar surface area (TPSA) is 94.3 Å². The molecule has 0 fully saturated rings. The third kappa shape index (κ3) is 4.49. The third-order valence-electron chi connectivity index (χ3n) is 7.37. The average Bonchev–Trinajstić information content (AvgIpc) is 3.40. The Bertz CT molecular complexity index is 1530. The number of hydrazine groups is 1. The maximum Gasteiger partial charge on any atom is 0.269 e. The fourth-order valence-corrected chi connectivity index (χ4v) is 5.58. The van der Waals surface area contributed by atoms with E-state index in [9.17, 15) is 14.4 Å². The number of halogens is 1. The highest BCUT2D eigenvalue weighted by Crippen LogP contribution is 2.44. The zero-order valence-electron chi connectivity index (χ0n) is 21.4. The van der Waals surface area contributed by atoms with Gasteiger partial charge in [-0.25, -0.2) is 0 Å². The molecule has 2 heterocycles. The minimum Gasteiger partial charge on any atom is -0.358 e. The van der Waals surface area contributed by atoms with E-state index in [4.69, 9.17) is 0 Å². The molecule has 8 heteroatoms. The summed E-state index contributed by atoms with van der Waals surface area (Å²) in [5.74, 6) is -1.25. The normalized spacial score (nSPS) is 16.3. The van der Waals surface area contributed by atoms with Crippen molar-refractivity contribution in [1.29, 1.82) is 0 Å². The van der Waals surface area contributed by atoms with Gasteiger partial charge in [0.15, 0.2) is 0 Å². The molecule has 38 heavy (non-hydrogen) atoms. The van der Waals surface area contributed by atoms with Crippen molar-refractivity contribution in [2.75, 3.05) is 0 Å². The number of H-pyrrole nitrogens is 1. The van der Waals surface area contributed by atoms with Crippen LogP contribution >= 0.6 is 15.9 Å². The number of hydrogen-bond donors (Lipinski definition) is 3. The number of nitrogens with zero attached hydrogens (tertiary/aromatic N) is 1. The molecule has 1 aliphatic rings. The summed E-state index contributed by atoms with van der Waals surface area (Å²) in [5, 5.41) is 1.01. The number of para-hydroxylation sites is 1. The van der Waals surface area contributed by atoms with Crippen LogP contribution < -0.4 is 10.9 Å². The van der Waals surface area contributed by atoms with Crippen LogP contribution in [-0.4, -0.2) is 33.6 Å². The number of rotatable bonds is 6. The van der Waals surface area contributed by atoms with Crippen LogP contribution in [0.3, 0.4) is 0 Å². The summed E-state index contributed by atoms with van der Waals surface area (Å²) in [6.07, 6.45) is 0.665. The van der Waals surface area contributed by atoms with Gasteiger partial charge in [0.05, 0.1) is 6.04 Å². The molecule has 0 radical (unpaired) electrons. The van der Waals surface area contributed by atoms with Gasteiger partial charge in [-0.2, -0.15) is 0 Å². The molecule has 7 nitrogen and oxygen atoms in total. The first-order valence-electron chi connectivity index (χ1n) is 12.7. The fourth-order valence-electron chi connectivity index (χ4n) is 5.32. The number of hydrogen-bond acceptors (Lipinski definition) is 3. The Morgan fingerprint density at radius 3 is 2.42 bits per heavy atom. The second-order valence-electron chi connectivity index (χ2n) is 9.69. The number of benzene rings is 3. The van der Waals surface area contributed by atoms with Gasteiger partial charge >= 0.3 is 0 Å². The van der Waals surface area contributed by atoms with Crippen molar-refractivity contribution in [3.63, 3.8) is 0 Å². The lowest BCUT2D eigenvalue weighted by molar-refractivity contribution is -0.128. The van der Waals surface area contributed by atoms with E-state index in [1.54, 1.807) is 29.2 Å². The van der Waals surface area contributed by atoms with Crippen molar-refractivity contribution in [1.82, 2.24) is 20.7 Å². The fraction of sp³-hybridized carbons (Fsp3) is 0.233. The number of fused-ring (bicyclic) bond motifs is 2. The Balaban J connectivity index is 1.54. The first-order valence-corrected chi connectivity index (χ1v) is 13.5. The van der Waals surface area contributed by atoms with Crippen molar-refractivity contribution in [3.05, 3.63) is 105 Å². The standard InChI is InChI=1S/C30H29BrN4O3/c1-4-17(2)26(29(37)34-33-28(36)19-13-15-20(31)16-14-19)35-27(21-9-5-6-10-22(21)30(35)38)25-18(3)32-24-12-8-7-11-23(24)25/h5-17,26-27,32H,4H2,1-3H3,(H,33,36)(H,34,37). The molecule has 3 atom stereocenters. The van der Waals surface area contributed by atoms with Gasteiger partial charge in [-0.1, -0.05) is 72.6 Å². The Hall–Kier alpha value is -3.91. The summed E-state index contributed by atoms with van der Waals surface area (Å²) in [4.78, 5) is 45.5. The summed E-state index contributed by atoms with van der Waals surface area (Å²) in [6, 6.07) is 21.1. The quantitative estimate of drug-likeness (QED) is 0.260. The molecule has 0 saturated heterocycles. The van der Waals surface area contributed by atoms with E-state index >= 15 is 0 Å². The van der Waals surface area contributed by atoms with Gasteiger partial charge in [0.2, 0.25) is 0 Å². The smallest absolute Gasteiger partial charge is 0.269 e. The maximum atomic E-state index is 14.0. The van der Waals surface area contributed by atoms with Crippen LogP contribution in [0.25, 0.3) is 10.9 Å². The summed E-state index contributed by atoms with van der Waals surface area (Å²) in [6.45, 7) is 5.94. The van der Waals surface area contributed by atoms with Gasteiger partial charge < -0.3 is 9.88 Å². The number of amides is 3. The highest BCUT2D eigenvalue weighted by Gasteiger charge is 2.46. The zero-order chi connectivity index (χ0) is 27.0. The summed E-state index contributed by atoms with van der Waals surface area (Å²) in [7, 11) is 0. The Labute approximate surface area is 229 Å². The van der Waals surface area contributed by atoms with Crippen LogP contribution in [0.4, 0.5) is 0 Å². The predicted molar refractivity (Wildman–Crippen MR) is 150 cm³/mol. The molecule has 194 valence electrons. The second kappa shape index (κ2) is 10.5. The molecule has 0 aliphatic carbocycles. The number of carbonyl (C=O) groups excluding carboxylic acids is 3. The second-order valence-corrected chi connectivity index (χ2v) is 10.6. The van der Waals surface area contributed by atoms with Gasteiger partial charge in [-0.15, -0.1) is 0 Å². The van der Waals surface area contributed by atoms with Crippen LogP contribution in [-0.2, 0) is 4.79 Å². The number of nitrogens with one attached hydrogen (secondary N) is 3. The SMILES string of the molecule is CCC(C)C(C(=O)NNC(=O)c1ccc(Br)cc1)N1C(=O)c2ccccc2C1c1c(C)[nH]c2ccccc12. The van der Waals surface area contributed by atoms with Crippen molar-refractivity contribution in [2.45, 2.75) is 39.3 Å². The van der Waals surface area contributed by atoms with Crippen molar-refractivity contribution < 1.29 is 14.4 Å². The Kier molecular flexibility index (Phi) is 7.08. The van der Waals surface area contributed by atoms with Crippen molar-refractivity contribution in [2.24, 2.45) is 5.92 Å². The van der Waals surface area contributed by atoms with E-state index in [0.29, 0.717) is 17.5 Å². The Morgan fingerprint density at radius 2 is 1.68 bits per heavy atom. The summed E-state index contributed by atoms with van der Waals surface area (Å²) >= 11 is 3.36. The molecule has 0 spiro atoms. The molecule has 4 aromatic rings. The highest BCUT2D eigenvalue weighted by molar-refractivity contribution is 9.10. The largest absolute Gasteiger partial charge is 0.358 e. The van der Waals surface area contributed by atoms with E-state index in [1.807, 2.05) is 69.3 Å². The first-order chi connectivity index (χ1) is 18.3. The lowest BCUT2D eigenvalue weighted by Gasteiger charge is -2.36. The van der Waals surface area contributed by atoms with Crippen LogP contribution in [0.1, 0.15) is 63.8 Å². The molecule has 1 aromatic heterocycles. The number of aryl methyl sites for hydroxylation is 1. The lowest BCUT2D eigenvalue weighted by Crippen LogP contribution is -2.55.